The molecule has 27 heavy (non-hydrogen) atoms. The van der Waals surface area contributed by atoms with E-state index in [1.165, 1.54) is 24.3 Å². The van der Waals surface area contributed by atoms with Crippen LogP contribution in [0.25, 0.3) is 11.4 Å². The van der Waals surface area contributed by atoms with Crippen molar-refractivity contribution in [2.75, 3.05) is 7.11 Å². The Morgan fingerprint density at radius 3 is 2.67 bits per heavy atom. The standard InChI is InChI=1S/C18H16N4O5/c1-11(19-17(23)13-4-3-5-14(10-13)22(24)25)18-20-16(21-27-18)12-6-8-15(26-2)9-7-12/h3-11H,1-2H3,(H,19,23)/t11-/m1/s1. The molecule has 0 bridgehead atoms. The topological polar surface area (TPSA) is 120 Å². The molecule has 0 spiro atoms. The summed E-state index contributed by atoms with van der Waals surface area (Å²) in [5.74, 6) is 0.833. The molecule has 9 nitrogen and oxygen atoms in total. The fraction of sp³-hybridized carbons (Fsp3) is 0.167. The zero-order chi connectivity index (χ0) is 19.4. The smallest absolute Gasteiger partial charge is 0.270 e. The van der Waals surface area contributed by atoms with Crippen molar-refractivity contribution in [3.8, 4) is 17.1 Å². The Hall–Kier alpha value is -3.75. The third-order valence-corrected chi connectivity index (χ3v) is 3.83. The van der Waals surface area contributed by atoms with Crippen LogP contribution in [0.4, 0.5) is 5.69 Å². The van der Waals surface area contributed by atoms with E-state index in [0.717, 1.165) is 5.56 Å². The minimum absolute atomic E-state index is 0.158. The molecule has 0 radical (unpaired) electrons. The second kappa shape index (κ2) is 7.65. The molecule has 0 saturated heterocycles. The first-order valence-corrected chi connectivity index (χ1v) is 8.01. The van der Waals surface area contributed by atoms with Crippen LogP contribution in [0.1, 0.15) is 29.2 Å². The van der Waals surface area contributed by atoms with Crippen LogP contribution in [0.3, 0.4) is 0 Å². The van der Waals surface area contributed by atoms with Crippen molar-refractivity contribution in [1.29, 1.82) is 0 Å². The summed E-state index contributed by atoms with van der Waals surface area (Å²) in [6.45, 7) is 1.68. The van der Waals surface area contributed by atoms with Crippen LogP contribution >= 0.6 is 0 Å². The van der Waals surface area contributed by atoms with Gasteiger partial charge in [0.05, 0.1) is 12.0 Å². The SMILES string of the molecule is COc1ccc(-c2noc([C@@H](C)NC(=O)c3cccc([N+](=O)[O-])c3)n2)cc1. The maximum Gasteiger partial charge on any atom is 0.270 e. The summed E-state index contributed by atoms with van der Waals surface area (Å²) in [6.07, 6.45) is 0. The highest BCUT2D eigenvalue weighted by Gasteiger charge is 2.19. The third-order valence-electron chi connectivity index (χ3n) is 3.83. The van der Waals surface area contributed by atoms with Crippen molar-refractivity contribution < 1.29 is 19.0 Å². The fourth-order valence-electron chi connectivity index (χ4n) is 2.37. The van der Waals surface area contributed by atoms with Gasteiger partial charge in [-0.1, -0.05) is 11.2 Å². The number of hydrogen-bond acceptors (Lipinski definition) is 7. The highest BCUT2D eigenvalue weighted by atomic mass is 16.6. The Bertz CT molecular complexity index is 968. The van der Waals surface area contributed by atoms with E-state index < -0.39 is 16.9 Å². The molecular formula is C18H16N4O5. The molecule has 1 aromatic heterocycles. The molecule has 1 atom stereocenters. The number of rotatable bonds is 6. The summed E-state index contributed by atoms with van der Waals surface area (Å²) in [7, 11) is 1.58. The van der Waals surface area contributed by atoms with Gasteiger partial charge in [0.15, 0.2) is 0 Å². The highest BCUT2D eigenvalue weighted by molar-refractivity contribution is 5.95. The average Bonchev–Trinajstić information content (AvgIpc) is 3.18. The number of ether oxygens (including phenoxy) is 1. The van der Waals surface area contributed by atoms with Crippen LogP contribution in [0, 0.1) is 10.1 Å². The maximum absolute atomic E-state index is 12.3. The Labute approximate surface area is 154 Å². The molecule has 0 aliphatic carbocycles. The summed E-state index contributed by atoms with van der Waals surface area (Å²) in [4.78, 5) is 26.9. The molecule has 0 fully saturated rings. The first-order chi connectivity index (χ1) is 13.0. The van der Waals surface area contributed by atoms with Gasteiger partial charge < -0.3 is 14.6 Å². The average molecular weight is 368 g/mol. The number of methoxy groups -OCH3 is 1. The van der Waals surface area contributed by atoms with Gasteiger partial charge in [-0.05, 0) is 37.3 Å². The molecule has 1 amide bonds. The second-order valence-electron chi connectivity index (χ2n) is 5.69. The van der Waals surface area contributed by atoms with Crippen molar-refractivity contribution in [3.63, 3.8) is 0 Å². The largest absolute Gasteiger partial charge is 0.497 e. The van der Waals surface area contributed by atoms with E-state index in [4.69, 9.17) is 9.26 Å². The van der Waals surface area contributed by atoms with E-state index >= 15 is 0 Å². The number of nitrogens with one attached hydrogen (secondary N) is 1. The fourth-order valence-corrected chi connectivity index (χ4v) is 2.37. The van der Waals surface area contributed by atoms with Crippen molar-refractivity contribution in [3.05, 3.63) is 70.1 Å². The van der Waals surface area contributed by atoms with Crippen LogP contribution in [0.2, 0.25) is 0 Å². The molecule has 1 heterocycles. The van der Waals surface area contributed by atoms with E-state index in [1.54, 1.807) is 38.3 Å². The summed E-state index contributed by atoms with van der Waals surface area (Å²) < 4.78 is 10.3. The van der Waals surface area contributed by atoms with Crippen LogP contribution in [-0.2, 0) is 0 Å². The minimum Gasteiger partial charge on any atom is -0.497 e. The van der Waals surface area contributed by atoms with Gasteiger partial charge in [-0.25, -0.2) is 0 Å². The monoisotopic (exact) mass is 368 g/mol. The van der Waals surface area contributed by atoms with Gasteiger partial charge in [0.2, 0.25) is 11.7 Å². The lowest BCUT2D eigenvalue weighted by Crippen LogP contribution is -2.26. The van der Waals surface area contributed by atoms with Gasteiger partial charge >= 0.3 is 0 Å². The first kappa shape index (κ1) is 18.1. The lowest BCUT2D eigenvalue weighted by Gasteiger charge is -2.09. The van der Waals surface area contributed by atoms with E-state index in [-0.39, 0.29) is 17.1 Å². The predicted octanol–water partition coefficient (Wildman–Crippen LogP) is 3.14. The molecule has 2 aromatic carbocycles. The van der Waals surface area contributed by atoms with E-state index in [9.17, 15) is 14.9 Å². The van der Waals surface area contributed by atoms with Gasteiger partial charge in [0.1, 0.15) is 11.8 Å². The number of aromatic nitrogens is 2. The van der Waals surface area contributed by atoms with E-state index in [1.807, 2.05) is 0 Å². The third kappa shape index (κ3) is 4.09. The number of hydrogen-bond donors (Lipinski definition) is 1. The first-order valence-electron chi connectivity index (χ1n) is 8.01. The Balaban J connectivity index is 1.72. The molecule has 0 unspecified atom stereocenters. The summed E-state index contributed by atoms with van der Waals surface area (Å²) in [6, 6.07) is 12.0. The van der Waals surface area contributed by atoms with Crippen molar-refractivity contribution >= 4 is 11.6 Å². The summed E-state index contributed by atoms with van der Waals surface area (Å²) in [5.41, 5.74) is 0.754. The van der Waals surface area contributed by atoms with Crippen LogP contribution in [-0.4, -0.2) is 28.1 Å². The molecule has 138 valence electrons. The van der Waals surface area contributed by atoms with Crippen molar-refractivity contribution in [2.45, 2.75) is 13.0 Å². The minimum atomic E-state index is -0.573. The molecule has 1 N–H and O–H groups in total. The number of amides is 1. The van der Waals surface area contributed by atoms with E-state index in [0.29, 0.717) is 11.6 Å². The Morgan fingerprint density at radius 1 is 1.26 bits per heavy atom. The zero-order valence-electron chi connectivity index (χ0n) is 14.6. The van der Waals surface area contributed by atoms with Crippen molar-refractivity contribution in [2.24, 2.45) is 0 Å². The van der Waals surface area contributed by atoms with Gasteiger partial charge in [0.25, 0.3) is 11.6 Å². The lowest BCUT2D eigenvalue weighted by molar-refractivity contribution is -0.384. The summed E-state index contributed by atoms with van der Waals surface area (Å²) >= 11 is 0. The van der Waals surface area contributed by atoms with E-state index in [2.05, 4.69) is 15.5 Å². The lowest BCUT2D eigenvalue weighted by atomic mass is 10.1. The number of nitro benzene ring substituents is 1. The molecule has 0 saturated carbocycles. The number of carbonyl (C=O) groups is 1. The normalized spacial score (nSPS) is 11.6. The number of nitrogens with zero attached hydrogens (tertiary/aromatic N) is 3. The highest BCUT2D eigenvalue weighted by Crippen LogP contribution is 2.22. The Morgan fingerprint density at radius 2 is 2.00 bits per heavy atom. The number of carbonyl (C=O) groups excluding carboxylic acids is 1. The summed E-state index contributed by atoms with van der Waals surface area (Å²) in [5, 5.41) is 17.4. The molecule has 9 heteroatoms. The maximum atomic E-state index is 12.3. The molecule has 0 aliphatic heterocycles. The molecule has 0 aliphatic rings. The Kier molecular flexibility index (Phi) is 5.11. The van der Waals surface area contributed by atoms with Crippen molar-refractivity contribution in [1.82, 2.24) is 15.5 Å². The predicted molar refractivity (Wildman–Crippen MR) is 95.3 cm³/mol. The van der Waals surface area contributed by atoms with Crippen LogP contribution < -0.4 is 10.1 Å². The van der Waals surface area contributed by atoms with Gasteiger partial charge in [0, 0.05) is 23.3 Å². The number of non-ortho nitro benzene ring substituents is 1. The van der Waals surface area contributed by atoms with Crippen LogP contribution in [0.5, 0.6) is 5.75 Å². The van der Waals surface area contributed by atoms with Crippen LogP contribution in [0.15, 0.2) is 53.1 Å². The van der Waals surface area contributed by atoms with Gasteiger partial charge in [-0.2, -0.15) is 4.98 Å². The number of benzene rings is 2. The molecular weight excluding hydrogens is 352 g/mol. The molecule has 3 rings (SSSR count). The second-order valence-corrected chi connectivity index (χ2v) is 5.69. The zero-order valence-corrected chi connectivity index (χ0v) is 14.6. The number of nitro groups is 1. The molecule has 3 aromatic rings. The quantitative estimate of drug-likeness (QED) is 0.524. The van der Waals surface area contributed by atoms with Gasteiger partial charge in [-0.15, -0.1) is 0 Å². The van der Waals surface area contributed by atoms with Gasteiger partial charge in [-0.3, -0.25) is 14.9 Å².